The molecule has 2 N–H and O–H groups in total. The van der Waals surface area contributed by atoms with Crippen LogP contribution in [0.25, 0.3) is 0 Å². The van der Waals surface area contributed by atoms with Gasteiger partial charge in [0.25, 0.3) is 11.8 Å². The van der Waals surface area contributed by atoms with E-state index in [1.165, 1.54) is 32.5 Å². The van der Waals surface area contributed by atoms with Crippen LogP contribution in [-0.2, 0) is 22.6 Å². The molecule has 12 heteroatoms. The van der Waals surface area contributed by atoms with Crippen molar-refractivity contribution >= 4 is 17.7 Å². The Balaban J connectivity index is 1.43. The van der Waals surface area contributed by atoms with Crippen LogP contribution >= 0.6 is 0 Å². The van der Waals surface area contributed by atoms with E-state index in [9.17, 15) is 18.8 Å². The molecule has 2 aromatic carbocycles. The fourth-order valence-electron chi connectivity index (χ4n) is 5.34. The third kappa shape index (κ3) is 7.36. The molecular weight excluding hydrogens is 571 g/mol. The van der Waals surface area contributed by atoms with Crippen LogP contribution in [0, 0.1) is 12.7 Å². The first kappa shape index (κ1) is 30.6. The smallest absolute Gasteiger partial charge is 0.258 e. The Labute approximate surface area is 254 Å². The van der Waals surface area contributed by atoms with Gasteiger partial charge in [-0.2, -0.15) is 0 Å². The molecule has 11 nitrogen and oxygen atoms in total. The van der Waals surface area contributed by atoms with E-state index >= 15 is 0 Å². The molecule has 0 saturated carbocycles. The fourth-order valence-corrected chi connectivity index (χ4v) is 5.34. The number of methoxy groups -OCH3 is 2. The summed E-state index contributed by atoms with van der Waals surface area (Å²) in [4.78, 5) is 45.2. The van der Waals surface area contributed by atoms with Crippen LogP contribution in [0.15, 0.2) is 48.7 Å². The van der Waals surface area contributed by atoms with E-state index in [1.807, 2.05) is 6.07 Å². The Morgan fingerprint density at radius 3 is 2.64 bits per heavy atom. The number of amides is 3. The van der Waals surface area contributed by atoms with Gasteiger partial charge in [0.2, 0.25) is 5.91 Å². The molecule has 0 radical (unpaired) electrons. The van der Waals surface area contributed by atoms with Crippen molar-refractivity contribution in [3.05, 3.63) is 76.9 Å². The molecule has 1 fully saturated rings. The minimum absolute atomic E-state index is 0.115. The van der Waals surface area contributed by atoms with Gasteiger partial charge in [-0.3, -0.25) is 19.4 Å². The number of ether oxygens (including phenoxy) is 4. The van der Waals surface area contributed by atoms with Gasteiger partial charge in [-0.05, 0) is 54.8 Å². The van der Waals surface area contributed by atoms with Gasteiger partial charge in [-0.1, -0.05) is 6.07 Å². The van der Waals surface area contributed by atoms with E-state index < -0.39 is 23.9 Å². The first-order valence-corrected chi connectivity index (χ1v) is 14.3. The molecule has 44 heavy (non-hydrogen) atoms. The SMILES string of the molecule is COc1ccc2cc1OCC(=O)N[C@@H]1CN(C(=O)c3cc(C)ncc3OC)CC[C@H]1Oc1cc(F)cc(c1)CNC(=O)CC2. The van der Waals surface area contributed by atoms with Crippen LogP contribution < -0.4 is 29.6 Å². The Morgan fingerprint density at radius 1 is 1.02 bits per heavy atom. The number of aryl methyl sites for hydroxylation is 2. The zero-order valence-corrected chi connectivity index (χ0v) is 24.9. The van der Waals surface area contributed by atoms with Crippen LogP contribution in [0.4, 0.5) is 4.39 Å². The van der Waals surface area contributed by atoms with Crippen molar-refractivity contribution in [1.82, 2.24) is 20.5 Å². The van der Waals surface area contributed by atoms with Crippen LogP contribution in [0.2, 0.25) is 0 Å². The molecule has 2 atom stereocenters. The summed E-state index contributed by atoms with van der Waals surface area (Å²) in [5, 5.41) is 5.78. The molecule has 3 aromatic rings. The largest absolute Gasteiger partial charge is 0.494 e. The first-order valence-electron chi connectivity index (χ1n) is 14.3. The van der Waals surface area contributed by atoms with Crippen molar-refractivity contribution in [2.75, 3.05) is 33.9 Å². The topological polar surface area (TPSA) is 128 Å². The van der Waals surface area contributed by atoms with Crippen LogP contribution in [0.5, 0.6) is 23.0 Å². The number of piperidine rings is 1. The molecule has 0 spiro atoms. The molecule has 2 aliphatic heterocycles. The van der Waals surface area contributed by atoms with Crippen LogP contribution in [0.1, 0.15) is 40.0 Å². The number of carbonyl (C=O) groups is 3. The number of likely N-dealkylation sites (tertiary alicyclic amines) is 1. The Kier molecular flexibility index (Phi) is 9.47. The second-order valence-electron chi connectivity index (χ2n) is 10.7. The lowest BCUT2D eigenvalue weighted by atomic mass is 10.00. The zero-order chi connectivity index (χ0) is 31.2. The molecule has 4 bridgehead atoms. The van der Waals surface area contributed by atoms with E-state index in [2.05, 4.69) is 15.6 Å². The number of aromatic nitrogens is 1. The summed E-state index contributed by atoms with van der Waals surface area (Å²) in [6, 6.07) is 10.5. The molecule has 3 amide bonds. The molecule has 0 unspecified atom stereocenters. The predicted molar refractivity (Wildman–Crippen MR) is 157 cm³/mol. The average molecular weight is 607 g/mol. The molecule has 1 aromatic heterocycles. The number of hydrogen-bond donors (Lipinski definition) is 2. The number of pyridine rings is 1. The molecule has 232 valence electrons. The number of carbonyl (C=O) groups excluding carboxylic acids is 3. The zero-order valence-electron chi connectivity index (χ0n) is 24.9. The van der Waals surface area contributed by atoms with E-state index in [4.69, 9.17) is 18.9 Å². The highest BCUT2D eigenvalue weighted by Gasteiger charge is 2.35. The summed E-state index contributed by atoms with van der Waals surface area (Å²) in [5.41, 5.74) is 2.37. The van der Waals surface area contributed by atoms with Crippen LogP contribution in [0.3, 0.4) is 0 Å². The van der Waals surface area contributed by atoms with Gasteiger partial charge >= 0.3 is 0 Å². The predicted octanol–water partition coefficient (Wildman–Crippen LogP) is 2.97. The number of benzene rings is 2. The second kappa shape index (κ2) is 13.6. The third-order valence-electron chi connectivity index (χ3n) is 7.57. The van der Waals surface area contributed by atoms with Crippen molar-refractivity contribution in [3.8, 4) is 23.0 Å². The number of nitrogens with one attached hydrogen (secondary N) is 2. The summed E-state index contributed by atoms with van der Waals surface area (Å²) in [6.07, 6.45) is 1.88. The summed E-state index contributed by atoms with van der Waals surface area (Å²) in [6.45, 7) is 2.00. The highest BCUT2D eigenvalue weighted by Crippen LogP contribution is 2.29. The number of nitrogens with zero attached hydrogens (tertiary/aromatic N) is 2. The molecule has 5 rings (SSSR count). The molecule has 2 aliphatic rings. The van der Waals surface area contributed by atoms with E-state index in [0.29, 0.717) is 53.5 Å². The molecular formula is C32H35FN4O7. The van der Waals surface area contributed by atoms with E-state index in [0.717, 1.165) is 5.56 Å². The lowest BCUT2D eigenvalue weighted by molar-refractivity contribution is -0.125. The van der Waals surface area contributed by atoms with E-state index in [1.54, 1.807) is 36.1 Å². The lowest BCUT2D eigenvalue weighted by Crippen LogP contribution is -2.58. The summed E-state index contributed by atoms with van der Waals surface area (Å²) < 4.78 is 37.4. The Bertz CT molecular complexity index is 1550. The lowest BCUT2D eigenvalue weighted by Gasteiger charge is -2.39. The van der Waals surface area contributed by atoms with Gasteiger partial charge in [0, 0.05) is 44.2 Å². The Hall–Kier alpha value is -4.87. The molecule has 3 heterocycles. The minimum Gasteiger partial charge on any atom is -0.494 e. The van der Waals surface area contributed by atoms with Crippen molar-refractivity contribution in [3.63, 3.8) is 0 Å². The number of hydrogen-bond acceptors (Lipinski definition) is 8. The second-order valence-corrected chi connectivity index (χ2v) is 10.7. The van der Waals surface area contributed by atoms with Gasteiger partial charge < -0.3 is 34.5 Å². The van der Waals surface area contributed by atoms with E-state index in [-0.39, 0.29) is 43.7 Å². The summed E-state index contributed by atoms with van der Waals surface area (Å²) >= 11 is 0. The normalized spacial score (nSPS) is 19.1. The highest BCUT2D eigenvalue weighted by molar-refractivity contribution is 5.97. The highest BCUT2D eigenvalue weighted by atomic mass is 19.1. The maximum absolute atomic E-state index is 14.6. The Morgan fingerprint density at radius 2 is 1.84 bits per heavy atom. The van der Waals surface area contributed by atoms with Gasteiger partial charge in [0.1, 0.15) is 23.4 Å². The van der Waals surface area contributed by atoms with Crippen LogP contribution in [-0.4, -0.2) is 73.7 Å². The first-order chi connectivity index (χ1) is 21.2. The maximum Gasteiger partial charge on any atom is 0.258 e. The van der Waals surface area contributed by atoms with Crippen molar-refractivity contribution in [1.29, 1.82) is 0 Å². The quantitative estimate of drug-likeness (QED) is 0.466. The number of halogens is 1. The van der Waals surface area contributed by atoms with Crippen molar-refractivity contribution < 1.29 is 37.7 Å². The maximum atomic E-state index is 14.6. The third-order valence-corrected chi connectivity index (χ3v) is 7.57. The van der Waals surface area contributed by atoms with Crippen molar-refractivity contribution in [2.45, 2.75) is 44.9 Å². The molecule has 1 saturated heterocycles. The van der Waals surface area contributed by atoms with Gasteiger partial charge in [-0.15, -0.1) is 0 Å². The van der Waals surface area contributed by atoms with Gasteiger partial charge in [-0.25, -0.2) is 4.39 Å². The fraction of sp³-hybridized carbons (Fsp3) is 0.375. The average Bonchev–Trinajstić information content (AvgIpc) is 3.01. The number of rotatable bonds is 3. The monoisotopic (exact) mass is 606 g/mol. The standard InChI is InChI=1S/C32H35FN4O7/c1-19-10-24(29(42-3)16-34-19)32(40)37-9-8-26-25(17-37)36-31(39)18-43-28-13-20(4-6-27(28)41-2)5-7-30(38)35-15-21-11-22(33)14-23(12-21)44-26/h4,6,10-14,16,25-26H,5,7-9,15,17-18H2,1-3H3,(H,35,38)(H,36,39)/t25-,26-/m1/s1. The summed E-state index contributed by atoms with van der Waals surface area (Å²) in [7, 11) is 2.97. The van der Waals surface area contributed by atoms with Crippen molar-refractivity contribution in [2.24, 2.45) is 0 Å². The minimum atomic E-state index is -0.656. The van der Waals surface area contributed by atoms with Gasteiger partial charge in [0.15, 0.2) is 18.1 Å². The number of fused-ring (bicyclic) bond motifs is 5. The molecule has 0 aliphatic carbocycles. The summed E-state index contributed by atoms with van der Waals surface area (Å²) in [5.74, 6) is -0.0383. The van der Waals surface area contributed by atoms with Gasteiger partial charge in [0.05, 0.1) is 32.0 Å².